The van der Waals surface area contributed by atoms with Gasteiger partial charge in [-0.05, 0) is 121 Å². The maximum atomic E-state index is 3.76. The van der Waals surface area contributed by atoms with E-state index in [0.717, 1.165) is 30.8 Å². The quantitative estimate of drug-likeness (QED) is 0.179. The third-order valence-corrected chi connectivity index (χ3v) is 10.3. The van der Waals surface area contributed by atoms with Crippen molar-refractivity contribution in [1.82, 2.24) is 5.32 Å². The van der Waals surface area contributed by atoms with Crippen molar-refractivity contribution in [3.8, 4) is 33.4 Å². The summed E-state index contributed by atoms with van der Waals surface area (Å²) < 4.78 is 0. The molecule has 9 rings (SSSR count). The molecule has 0 radical (unpaired) electrons. The Labute approximate surface area is 300 Å². The van der Waals surface area contributed by atoms with Crippen LogP contribution in [0.5, 0.6) is 0 Å². The van der Waals surface area contributed by atoms with Crippen molar-refractivity contribution < 1.29 is 0 Å². The Bertz CT molecular complexity index is 2450. The predicted molar refractivity (Wildman–Crippen MR) is 218 cm³/mol. The lowest BCUT2D eigenvalue weighted by molar-refractivity contribution is 0.985. The lowest BCUT2D eigenvalue weighted by atomic mass is 9.77. The molecule has 0 aromatic heterocycles. The van der Waals surface area contributed by atoms with Crippen molar-refractivity contribution in [2.45, 2.75) is 12.8 Å². The molecule has 0 atom stereocenters. The van der Waals surface area contributed by atoms with E-state index in [1.807, 2.05) is 6.20 Å². The molecule has 2 aliphatic rings. The molecule has 244 valence electrons. The normalized spacial score (nSPS) is 13.6. The van der Waals surface area contributed by atoms with E-state index in [4.69, 9.17) is 0 Å². The number of allylic oxidation sites excluding steroid dienone is 3. The summed E-state index contributed by atoms with van der Waals surface area (Å²) in [6, 6.07) is 57.1. The van der Waals surface area contributed by atoms with Crippen LogP contribution >= 0.6 is 0 Å². The van der Waals surface area contributed by atoms with Crippen LogP contribution in [-0.4, -0.2) is 6.54 Å². The Kier molecular flexibility index (Phi) is 8.11. The molecule has 1 aliphatic heterocycles. The predicted octanol–water partition coefficient (Wildman–Crippen LogP) is 12.6. The standard InChI is InChI=1S/C49H38N2/c1-4-13-34(14-5-1)35-22-26-41(27-23-35)51-47-29-25-39(31-45(47)40-19-12-30-50-33-40)38-24-28-44-46(32-38)49(37-17-8-3-9-18-37)43-21-11-10-20-42(43)48(44)36-15-6-2-7-16-36/h1-23,25-27,29-32,50-51H,24,28,33H2. The molecule has 0 bridgehead atoms. The zero-order valence-corrected chi connectivity index (χ0v) is 28.4. The third-order valence-electron chi connectivity index (χ3n) is 10.3. The minimum Gasteiger partial charge on any atom is -0.387 e. The monoisotopic (exact) mass is 654 g/mol. The topological polar surface area (TPSA) is 24.1 Å². The molecule has 7 aromatic rings. The molecule has 1 heterocycles. The number of hydrogen-bond acceptors (Lipinski definition) is 2. The second-order valence-corrected chi connectivity index (χ2v) is 13.4. The van der Waals surface area contributed by atoms with Crippen molar-refractivity contribution in [2.75, 3.05) is 11.9 Å². The van der Waals surface area contributed by atoms with Crippen molar-refractivity contribution in [1.29, 1.82) is 0 Å². The molecule has 0 unspecified atom stereocenters. The Hall–Kier alpha value is -6.38. The maximum absolute atomic E-state index is 3.76. The maximum Gasteiger partial charge on any atom is 0.0461 e. The summed E-state index contributed by atoms with van der Waals surface area (Å²) in [7, 11) is 0. The smallest absolute Gasteiger partial charge is 0.0461 e. The highest BCUT2D eigenvalue weighted by Gasteiger charge is 2.24. The number of anilines is 2. The molecule has 0 amide bonds. The fraction of sp³-hybridized carbons (Fsp3) is 0.0612. The minimum atomic E-state index is 0.786. The van der Waals surface area contributed by atoms with Gasteiger partial charge < -0.3 is 10.6 Å². The first-order valence-electron chi connectivity index (χ1n) is 17.9. The average molecular weight is 655 g/mol. The molecule has 7 aromatic carbocycles. The first kappa shape index (κ1) is 30.7. The lowest BCUT2D eigenvalue weighted by Crippen LogP contribution is -2.13. The van der Waals surface area contributed by atoms with Crippen LogP contribution in [0.4, 0.5) is 11.4 Å². The highest BCUT2D eigenvalue weighted by molar-refractivity contribution is 6.11. The summed E-state index contributed by atoms with van der Waals surface area (Å²) in [5, 5.41) is 9.80. The summed E-state index contributed by atoms with van der Waals surface area (Å²) in [4.78, 5) is 0. The molecule has 2 heteroatoms. The van der Waals surface area contributed by atoms with Crippen LogP contribution in [0.2, 0.25) is 0 Å². The third kappa shape index (κ3) is 5.96. The Morgan fingerprint density at radius 1 is 0.490 bits per heavy atom. The second-order valence-electron chi connectivity index (χ2n) is 13.4. The number of dihydropyridines is 1. The van der Waals surface area contributed by atoms with E-state index < -0.39 is 0 Å². The van der Waals surface area contributed by atoms with Gasteiger partial charge in [0, 0.05) is 23.5 Å². The van der Waals surface area contributed by atoms with Crippen LogP contribution in [0.25, 0.3) is 61.4 Å². The van der Waals surface area contributed by atoms with Gasteiger partial charge in [0.15, 0.2) is 0 Å². The van der Waals surface area contributed by atoms with Crippen molar-refractivity contribution in [3.05, 3.63) is 198 Å². The molecule has 0 saturated heterocycles. The number of fused-ring (bicyclic) bond motifs is 2. The highest BCUT2D eigenvalue weighted by Crippen LogP contribution is 2.47. The zero-order valence-electron chi connectivity index (χ0n) is 28.4. The van der Waals surface area contributed by atoms with E-state index in [0.29, 0.717) is 0 Å². The molecule has 0 spiro atoms. The number of nitrogens with one attached hydrogen (secondary N) is 2. The summed E-state index contributed by atoms with van der Waals surface area (Å²) in [6.07, 6.45) is 10.8. The van der Waals surface area contributed by atoms with Gasteiger partial charge in [-0.1, -0.05) is 146 Å². The van der Waals surface area contributed by atoms with Crippen LogP contribution in [-0.2, 0) is 6.42 Å². The number of rotatable bonds is 7. The molecular formula is C49H38N2. The summed E-state index contributed by atoms with van der Waals surface area (Å²) in [5.74, 6) is 0. The molecule has 0 saturated carbocycles. The molecule has 2 nitrogen and oxygen atoms in total. The van der Waals surface area contributed by atoms with Gasteiger partial charge in [-0.15, -0.1) is 0 Å². The van der Waals surface area contributed by atoms with Gasteiger partial charge in [0.25, 0.3) is 0 Å². The van der Waals surface area contributed by atoms with E-state index in [9.17, 15) is 0 Å². The Balaban J connectivity index is 1.17. The zero-order chi connectivity index (χ0) is 34.0. The van der Waals surface area contributed by atoms with E-state index in [2.05, 4.69) is 187 Å². The molecule has 0 fully saturated rings. The van der Waals surface area contributed by atoms with Crippen LogP contribution in [0, 0.1) is 0 Å². The van der Waals surface area contributed by atoms with Gasteiger partial charge in [0.05, 0.1) is 0 Å². The summed E-state index contributed by atoms with van der Waals surface area (Å²) in [5.41, 5.74) is 17.7. The summed E-state index contributed by atoms with van der Waals surface area (Å²) in [6.45, 7) is 0.786. The average Bonchev–Trinajstić information content (AvgIpc) is 3.21. The van der Waals surface area contributed by atoms with Gasteiger partial charge in [-0.2, -0.15) is 0 Å². The van der Waals surface area contributed by atoms with Gasteiger partial charge in [-0.25, -0.2) is 0 Å². The van der Waals surface area contributed by atoms with E-state index >= 15 is 0 Å². The van der Waals surface area contributed by atoms with Crippen LogP contribution in [0.15, 0.2) is 176 Å². The highest BCUT2D eigenvalue weighted by atomic mass is 14.9. The number of hydrogen-bond donors (Lipinski definition) is 2. The largest absolute Gasteiger partial charge is 0.387 e. The van der Waals surface area contributed by atoms with E-state index in [1.54, 1.807) is 0 Å². The second kappa shape index (κ2) is 13.5. The van der Waals surface area contributed by atoms with Crippen LogP contribution < -0.4 is 10.6 Å². The van der Waals surface area contributed by atoms with Gasteiger partial charge >= 0.3 is 0 Å². The lowest BCUT2D eigenvalue weighted by Gasteiger charge is -2.26. The Morgan fingerprint density at radius 2 is 1.08 bits per heavy atom. The fourth-order valence-electron chi connectivity index (χ4n) is 7.81. The van der Waals surface area contributed by atoms with Crippen molar-refractivity contribution in [3.63, 3.8) is 0 Å². The molecule has 51 heavy (non-hydrogen) atoms. The SMILES string of the molecule is C1=CNCC(c2cc(C3=Cc4c(c(-c5ccccc5)c5ccccc5c4-c4ccccc4)CC3)ccc2Nc2ccc(-c3ccccc3)cc2)=C1. The van der Waals surface area contributed by atoms with Gasteiger partial charge in [0.2, 0.25) is 0 Å². The van der Waals surface area contributed by atoms with Crippen molar-refractivity contribution in [2.24, 2.45) is 0 Å². The van der Waals surface area contributed by atoms with E-state index in [1.165, 1.54) is 77.6 Å². The molecule has 1 aliphatic carbocycles. The first-order valence-corrected chi connectivity index (χ1v) is 17.9. The number of benzene rings is 7. The fourth-order valence-corrected chi connectivity index (χ4v) is 7.81. The first-order chi connectivity index (χ1) is 25.3. The van der Waals surface area contributed by atoms with Gasteiger partial charge in [-0.3, -0.25) is 0 Å². The van der Waals surface area contributed by atoms with Crippen molar-refractivity contribution >= 4 is 39.4 Å². The van der Waals surface area contributed by atoms with Gasteiger partial charge in [0.1, 0.15) is 0 Å². The van der Waals surface area contributed by atoms with E-state index in [-0.39, 0.29) is 0 Å². The minimum absolute atomic E-state index is 0.786. The summed E-state index contributed by atoms with van der Waals surface area (Å²) >= 11 is 0. The Morgan fingerprint density at radius 3 is 1.75 bits per heavy atom. The van der Waals surface area contributed by atoms with Crippen LogP contribution in [0.3, 0.4) is 0 Å². The van der Waals surface area contributed by atoms with Crippen LogP contribution in [0.1, 0.15) is 28.7 Å². The molecule has 2 N–H and O–H groups in total. The molecular weight excluding hydrogens is 617 g/mol.